The first kappa shape index (κ1) is 8.44. The Morgan fingerprint density at radius 3 is 2.92 bits per heavy atom. The molecule has 0 bridgehead atoms. The molecule has 0 fully saturated rings. The van der Waals surface area contributed by atoms with Gasteiger partial charge in [-0.2, -0.15) is 8.42 Å². The summed E-state index contributed by atoms with van der Waals surface area (Å²) in [4.78, 5) is 3.67. The summed E-state index contributed by atoms with van der Waals surface area (Å²) in [6.07, 6.45) is 0. The first-order chi connectivity index (χ1) is 6.07. The summed E-state index contributed by atoms with van der Waals surface area (Å²) in [5.41, 5.74) is 3.16. The van der Waals surface area contributed by atoms with Crippen LogP contribution in [0.25, 0.3) is 10.2 Å². The molecule has 1 aromatic carbocycles. The Balaban J connectivity index is 2.75. The molecule has 13 heavy (non-hydrogen) atoms. The maximum atomic E-state index is 10.7. The molecule has 0 atom stereocenters. The lowest BCUT2D eigenvalue weighted by molar-refractivity contribution is -0.254. The molecule has 1 heterocycles. The SMILES string of the molecule is O=S(=O)(O)c1ccc2sc#[n+]c2c1. The number of rotatable bonds is 1. The zero-order valence-electron chi connectivity index (χ0n) is 6.26. The predicted molar refractivity (Wildman–Crippen MR) is 46.1 cm³/mol. The van der Waals surface area contributed by atoms with Crippen molar-refractivity contribution in [2.75, 3.05) is 0 Å². The van der Waals surface area contributed by atoms with Gasteiger partial charge in [0.15, 0.2) is 0 Å². The molecule has 0 aliphatic heterocycles. The van der Waals surface area contributed by atoms with Gasteiger partial charge in [0.2, 0.25) is 0 Å². The van der Waals surface area contributed by atoms with Crippen LogP contribution in [0.15, 0.2) is 23.1 Å². The summed E-state index contributed by atoms with van der Waals surface area (Å²) in [5.74, 6) is 0. The van der Waals surface area contributed by atoms with Crippen molar-refractivity contribution in [1.82, 2.24) is 0 Å². The highest BCUT2D eigenvalue weighted by Gasteiger charge is 2.14. The van der Waals surface area contributed by atoms with Crippen LogP contribution in [-0.4, -0.2) is 13.0 Å². The summed E-state index contributed by atoms with van der Waals surface area (Å²) in [6.45, 7) is 0. The molecule has 0 aliphatic rings. The molecule has 0 amide bonds. The molecule has 66 valence electrons. The van der Waals surface area contributed by atoms with Crippen molar-refractivity contribution in [3.63, 3.8) is 0 Å². The number of fused-ring (bicyclic) bond motifs is 1. The Morgan fingerprint density at radius 2 is 2.23 bits per heavy atom. The van der Waals surface area contributed by atoms with Crippen LogP contribution in [0.1, 0.15) is 0 Å². The summed E-state index contributed by atoms with van der Waals surface area (Å²) in [7, 11) is -4.12. The summed E-state index contributed by atoms with van der Waals surface area (Å²) in [6, 6.07) is 4.24. The monoisotopic (exact) mass is 214 g/mol. The minimum absolute atomic E-state index is 0.140. The first-order valence-electron chi connectivity index (χ1n) is 3.31. The Bertz CT molecular complexity index is 544. The van der Waals surface area contributed by atoms with Crippen LogP contribution < -0.4 is 4.98 Å². The number of nitrogens with zero attached hydrogens (tertiary/aromatic N) is 1. The molecule has 6 heteroatoms. The molecule has 0 saturated heterocycles. The third-order valence-corrected chi connectivity index (χ3v) is 3.15. The van der Waals surface area contributed by atoms with E-state index in [1.165, 1.54) is 23.5 Å². The predicted octanol–water partition coefficient (Wildman–Crippen LogP) is 0.548. The molecule has 2 aromatic rings. The van der Waals surface area contributed by atoms with Crippen LogP contribution in [0.5, 0.6) is 0 Å². The van der Waals surface area contributed by atoms with Crippen LogP contribution in [0.4, 0.5) is 0 Å². The maximum absolute atomic E-state index is 10.7. The van der Waals surface area contributed by atoms with Crippen molar-refractivity contribution in [2.24, 2.45) is 0 Å². The molecule has 4 nitrogen and oxygen atoms in total. The van der Waals surface area contributed by atoms with E-state index >= 15 is 0 Å². The molecular formula is C7H4NO3S2+. The van der Waals surface area contributed by atoms with E-state index in [0.717, 1.165) is 4.70 Å². The summed E-state index contributed by atoms with van der Waals surface area (Å²) < 4.78 is 31.0. The van der Waals surface area contributed by atoms with Crippen molar-refractivity contribution in [3.05, 3.63) is 23.7 Å². The third kappa shape index (κ3) is 1.49. The second-order valence-electron chi connectivity index (χ2n) is 2.41. The summed E-state index contributed by atoms with van der Waals surface area (Å²) in [5, 5.41) is 0. The molecule has 2 rings (SSSR count). The Kier molecular flexibility index (Phi) is 1.73. The fraction of sp³-hybridized carbons (Fsp3) is 0. The molecule has 1 aromatic heterocycles. The fourth-order valence-electron chi connectivity index (χ4n) is 0.952. The standard InChI is InChI=1S/C7H3NO3S2/c9-13(10,11)5-1-2-7-6(3-5)8-4-12-7/h1-3H/p+1. The van der Waals surface area contributed by atoms with Gasteiger partial charge < -0.3 is 0 Å². The van der Waals surface area contributed by atoms with E-state index < -0.39 is 10.1 Å². The number of hydrogen-bond donors (Lipinski definition) is 1. The lowest BCUT2D eigenvalue weighted by Crippen LogP contribution is -1.98. The van der Waals surface area contributed by atoms with Crippen molar-refractivity contribution in [1.29, 1.82) is 0 Å². The van der Waals surface area contributed by atoms with Crippen molar-refractivity contribution < 1.29 is 18.0 Å². The average Bonchev–Trinajstić information content (AvgIpc) is 2.47. The zero-order chi connectivity index (χ0) is 9.47. The minimum Gasteiger partial charge on any atom is -0.282 e. The zero-order valence-corrected chi connectivity index (χ0v) is 7.89. The van der Waals surface area contributed by atoms with Gasteiger partial charge in [-0.3, -0.25) is 4.55 Å². The second-order valence-corrected chi connectivity index (χ2v) is 4.66. The molecule has 0 radical (unpaired) electrons. The number of aromatic nitrogens is 1. The van der Waals surface area contributed by atoms with Crippen LogP contribution in [0.2, 0.25) is 0 Å². The van der Waals surface area contributed by atoms with Crippen molar-refractivity contribution >= 4 is 31.7 Å². The highest BCUT2D eigenvalue weighted by molar-refractivity contribution is 7.85. The molecule has 0 spiro atoms. The quantitative estimate of drug-likeness (QED) is 0.704. The highest BCUT2D eigenvalue weighted by Crippen LogP contribution is 2.17. The Hall–Kier alpha value is -1.16. The summed E-state index contributed by atoms with van der Waals surface area (Å²) >= 11 is 1.29. The van der Waals surface area contributed by atoms with E-state index in [-0.39, 0.29) is 4.90 Å². The van der Waals surface area contributed by atoms with Crippen LogP contribution >= 0.6 is 11.3 Å². The normalized spacial score (nSPS) is 11.5. The Morgan fingerprint density at radius 1 is 1.46 bits per heavy atom. The average molecular weight is 214 g/mol. The second kappa shape index (κ2) is 2.67. The topological polar surface area (TPSA) is 68.5 Å². The van der Waals surface area contributed by atoms with E-state index in [9.17, 15) is 8.42 Å². The van der Waals surface area contributed by atoms with Gasteiger partial charge in [0.25, 0.3) is 10.1 Å². The van der Waals surface area contributed by atoms with E-state index in [1.54, 1.807) is 6.07 Å². The molecule has 0 unspecified atom stereocenters. The van der Waals surface area contributed by atoms with E-state index in [4.69, 9.17) is 4.55 Å². The smallest absolute Gasteiger partial charge is 0.282 e. The lowest BCUT2D eigenvalue weighted by Gasteiger charge is -1.91. The fourth-order valence-corrected chi connectivity index (χ4v) is 2.04. The lowest BCUT2D eigenvalue weighted by atomic mass is 10.3. The third-order valence-electron chi connectivity index (χ3n) is 1.55. The van der Waals surface area contributed by atoms with Gasteiger partial charge in [0.1, 0.15) is 9.60 Å². The molecule has 0 aliphatic carbocycles. The number of hydrogen-bond acceptors (Lipinski definition) is 3. The van der Waals surface area contributed by atoms with E-state index in [0.29, 0.717) is 5.52 Å². The number of benzene rings is 1. The van der Waals surface area contributed by atoms with Crippen LogP contribution in [-0.2, 0) is 10.1 Å². The Labute approximate surface area is 78.6 Å². The van der Waals surface area contributed by atoms with Gasteiger partial charge in [0.05, 0.1) is 6.07 Å². The van der Waals surface area contributed by atoms with Crippen LogP contribution in [0.3, 0.4) is 0 Å². The van der Waals surface area contributed by atoms with Crippen molar-refractivity contribution in [3.8, 4) is 0 Å². The van der Waals surface area contributed by atoms with E-state index in [1.807, 2.05) is 0 Å². The first-order valence-corrected chi connectivity index (χ1v) is 5.57. The molecule has 1 N–H and O–H groups in total. The largest absolute Gasteiger partial charge is 0.383 e. The van der Waals surface area contributed by atoms with Crippen molar-refractivity contribution in [2.45, 2.75) is 4.90 Å². The van der Waals surface area contributed by atoms with E-state index in [2.05, 4.69) is 10.5 Å². The van der Waals surface area contributed by atoms with Gasteiger partial charge in [-0.25, -0.2) is 0 Å². The molecular weight excluding hydrogens is 210 g/mol. The van der Waals surface area contributed by atoms with Crippen LogP contribution in [0, 0.1) is 5.51 Å². The van der Waals surface area contributed by atoms with Gasteiger partial charge in [0, 0.05) is 11.3 Å². The maximum Gasteiger partial charge on any atom is 0.383 e. The molecule has 0 saturated carbocycles. The van der Waals surface area contributed by atoms with Gasteiger partial charge in [-0.15, -0.1) is 0 Å². The minimum atomic E-state index is -4.12. The van der Waals surface area contributed by atoms with Gasteiger partial charge in [-0.05, 0) is 17.1 Å². The highest BCUT2D eigenvalue weighted by atomic mass is 32.2. The van der Waals surface area contributed by atoms with Gasteiger partial charge >= 0.3 is 11.0 Å². The van der Waals surface area contributed by atoms with Gasteiger partial charge in [-0.1, -0.05) is 0 Å².